The zero-order valence-corrected chi connectivity index (χ0v) is 9.33. The highest BCUT2D eigenvalue weighted by atomic mass is 14.7. The number of aromatic nitrogens is 1. The van der Waals surface area contributed by atoms with E-state index in [0.29, 0.717) is 11.8 Å². The van der Waals surface area contributed by atoms with Crippen LogP contribution in [0.2, 0.25) is 0 Å². The second kappa shape index (κ2) is 3.72. The Morgan fingerprint density at radius 2 is 1.93 bits per heavy atom. The predicted octanol–water partition coefficient (Wildman–Crippen LogP) is 3.72. The summed E-state index contributed by atoms with van der Waals surface area (Å²) in [6.45, 7) is 6.76. The Labute approximate surface area is 86.6 Å². The van der Waals surface area contributed by atoms with Gasteiger partial charge in [0, 0.05) is 17.8 Å². The standard InChI is InChI=1S/C13H19N/c1-9(2)10(3)13-7-6-12(8-14-13)11-4-5-11/h6-11H,4-5H2,1-3H3/t10-/m0/s1. The van der Waals surface area contributed by atoms with Crippen LogP contribution >= 0.6 is 0 Å². The molecule has 2 rings (SSSR count). The minimum atomic E-state index is 0.572. The smallest absolute Gasteiger partial charge is 0.0434 e. The largest absolute Gasteiger partial charge is 0.261 e. The molecule has 1 aromatic heterocycles. The lowest BCUT2D eigenvalue weighted by Crippen LogP contribution is -2.04. The molecule has 0 aromatic carbocycles. The van der Waals surface area contributed by atoms with Crippen molar-refractivity contribution >= 4 is 0 Å². The van der Waals surface area contributed by atoms with Gasteiger partial charge in [0.2, 0.25) is 0 Å². The molecular weight excluding hydrogens is 170 g/mol. The lowest BCUT2D eigenvalue weighted by molar-refractivity contribution is 0.523. The van der Waals surface area contributed by atoms with Crippen LogP contribution < -0.4 is 0 Å². The average Bonchev–Trinajstić information content (AvgIpc) is 3.00. The highest BCUT2D eigenvalue weighted by molar-refractivity contribution is 5.23. The first kappa shape index (κ1) is 9.70. The number of nitrogens with zero attached hydrogens (tertiary/aromatic N) is 1. The van der Waals surface area contributed by atoms with Crippen molar-refractivity contribution in [2.75, 3.05) is 0 Å². The molecule has 1 aliphatic carbocycles. The molecule has 1 heteroatoms. The van der Waals surface area contributed by atoms with Crippen LogP contribution in [-0.2, 0) is 0 Å². The normalized spacial score (nSPS) is 18.6. The molecule has 1 heterocycles. The van der Waals surface area contributed by atoms with Gasteiger partial charge >= 0.3 is 0 Å². The minimum absolute atomic E-state index is 0.572. The SMILES string of the molecule is CC(C)[C@H](C)c1ccc(C2CC2)cn1. The summed E-state index contributed by atoms with van der Waals surface area (Å²) in [5.74, 6) is 2.07. The quantitative estimate of drug-likeness (QED) is 0.706. The molecule has 1 saturated carbocycles. The van der Waals surface area contributed by atoms with Crippen LogP contribution in [0.3, 0.4) is 0 Å². The van der Waals surface area contributed by atoms with Crippen molar-refractivity contribution in [1.29, 1.82) is 0 Å². The molecule has 0 spiro atoms. The number of hydrogen-bond donors (Lipinski definition) is 0. The molecule has 76 valence electrons. The van der Waals surface area contributed by atoms with Crippen LogP contribution in [0.4, 0.5) is 0 Å². The Kier molecular flexibility index (Phi) is 2.58. The van der Waals surface area contributed by atoms with E-state index < -0.39 is 0 Å². The van der Waals surface area contributed by atoms with E-state index in [1.807, 2.05) is 0 Å². The van der Waals surface area contributed by atoms with Crippen molar-refractivity contribution in [3.63, 3.8) is 0 Å². The van der Waals surface area contributed by atoms with Crippen molar-refractivity contribution < 1.29 is 0 Å². The van der Waals surface area contributed by atoms with Crippen molar-refractivity contribution in [1.82, 2.24) is 4.98 Å². The average molecular weight is 189 g/mol. The van der Waals surface area contributed by atoms with E-state index in [-0.39, 0.29) is 0 Å². The summed E-state index contributed by atoms with van der Waals surface area (Å²) in [5, 5.41) is 0. The van der Waals surface area contributed by atoms with Gasteiger partial charge in [-0.15, -0.1) is 0 Å². The lowest BCUT2D eigenvalue weighted by atomic mass is 9.94. The summed E-state index contributed by atoms with van der Waals surface area (Å²) in [6, 6.07) is 4.47. The summed E-state index contributed by atoms with van der Waals surface area (Å²) >= 11 is 0. The van der Waals surface area contributed by atoms with Gasteiger partial charge < -0.3 is 0 Å². The van der Waals surface area contributed by atoms with E-state index in [2.05, 4.69) is 44.1 Å². The molecule has 1 aliphatic rings. The third-order valence-electron chi connectivity index (χ3n) is 3.32. The van der Waals surface area contributed by atoms with Crippen molar-refractivity contribution in [3.8, 4) is 0 Å². The first-order valence-corrected chi connectivity index (χ1v) is 5.64. The fraction of sp³-hybridized carbons (Fsp3) is 0.615. The third kappa shape index (κ3) is 1.97. The van der Waals surface area contributed by atoms with Crippen LogP contribution in [0.25, 0.3) is 0 Å². The maximum atomic E-state index is 4.56. The van der Waals surface area contributed by atoms with Crippen molar-refractivity contribution in [2.45, 2.75) is 45.4 Å². The van der Waals surface area contributed by atoms with Gasteiger partial charge in [-0.25, -0.2) is 0 Å². The molecule has 0 amide bonds. The third-order valence-corrected chi connectivity index (χ3v) is 3.32. The lowest BCUT2D eigenvalue weighted by Gasteiger charge is -2.14. The summed E-state index contributed by atoms with van der Waals surface area (Å²) in [7, 11) is 0. The van der Waals surface area contributed by atoms with E-state index in [1.54, 1.807) is 0 Å². The molecule has 0 saturated heterocycles. The van der Waals surface area contributed by atoms with Gasteiger partial charge in [-0.2, -0.15) is 0 Å². The zero-order valence-electron chi connectivity index (χ0n) is 9.33. The summed E-state index contributed by atoms with van der Waals surface area (Å²) < 4.78 is 0. The van der Waals surface area contributed by atoms with E-state index in [9.17, 15) is 0 Å². The monoisotopic (exact) mass is 189 g/mol. The predicted molar refractivity (Wildman–Crippen MR) is 59.5 cm³/mol. The van der Waals surface area contributed by atoms with Crippen LogP contribution in [0, 0.1) is 5.92 Å². The number of pyridine rings is 1. The highest BCUT2D eigenvalue weighted by Crippen LogP contribution is 2.39. The minimum Gasteiger partial charge on any atom is -0.261 e. The maximum Gasteiger partial charge on any atom is 0.0434 e. The molecule has 1 atom stereocenters. The Hall–Kier alpha value is -0.850. The Morgan fingerprint density at radius 3 is 2.36 bits per heavy atom. The van der Waals surface area contributed by atoms with E-state index in [0.717, 1.165) is 5.92 Å². The van der Waals surface area contributed by atoms with Gasteiger partial charge in [0.25, 0.3) is 0 Å². The van der Waals surface area contributed by atoms with Crippen molar-refractivity contribution in [3.05, 3.63) is 29.6 Å². The molecule has 0 unspecified atom stereocenters. The van der Waals surface area contributed by atoms with E-state index >= 15 is 0 Å². The summed E-state index contributed by atoms with van der Waals surface area (Å²) in [5.41, 5.74) is 2.68. The first-order chi connectivity index (χ1) is 6.68. The molecule has 1 fully saturated rings. The molecule has 0 N–H and O–H groups in total. The van der Waals surface area contributed by atoms with E-state index in [1.165, 1.54) is 24.1 Å². The number of rotatable bonds is 3. The second-order valence-electron chi connectivity index (χ2n) is 4.82. The summed E-state index contributed by atoms with van der Waals surface area (Å²) in [4.78, 5) is 4.56. The van der Waals surface area contributed by atoms with Gasteiger partial charge in [-0.1, -0.05) is 26.8 Å². The first-order valence-electron chi connectivity index (χ1n) is 5.64. The summed E-state index contributed by atoms with van der Waals surface area (Å²) in [6.07, 6.45) is 4.80. The molecule has 0 bridgehead atoms. The Bertz CT molecular complexity index is 296. The molecule has 0 aliphatic heterocycles. The molecule has 0 radical (unpaired) electrons. The van der Waals surface area contributed by atoms with Crippen molar-refractivity contribution in [2.24, 2.45) is 5.92 Å². The van der Waals surface area contributed by atoms with Gasteiger partial charge in [-0.3, -0.25) is 4.98 Å². The number of hydrogen-bond acceptors (Lipinski definition) is 1. The van der Waals surface area contributed by atoms with Crippen LogP contribution in [0.1, 0.15) is 56.7 Å². The maximum absolute atomic E-state index is 4.56. The fourth-order valence-electron chi connectivity index (χ4n) is 1.69. The molecule has 1 aromatic rings. The topological polar surface area (TPSA) is 12.9 Å². The van der Waals surface area contributed by atoms with Crippen LogP contribution in [-0.4, -0.2) is 4.98 Å². The molecular formula is C13H19N. The highest BCUT2D eigenvalue weighted by Gasteiger charge is 2.23. The molecule has 1 nitrogen and oxygen atoms in total. The van der Waals surface area contributed by atoms with Crippen LogP contribution in [0.5, 0.6) is 0 Å². The zero-order chi connectivity index (χ0) is 10.1. The second-order valence-corrected chi connectivity index (χ2v) is 4.82. The van der Waals surface area contributed by atoms with Gasteiger partial charge in [0.1, 0.15) is 0 Å². The van der Waals surface area contributed by atoms with Gasteiger partial charge in [-0.05, 0) is 36.3 Å². The molecule has 14 heavy (non-hydrogen) atoms. The van der Waals surface area contributed by atoms with Gasteiger partial charge in [0.15, 0.2) is 0 Å². The van der Waals surface area contributed by atoms with Gasteiger partial charge in [0.05, 0.1) is 0 Å². The van der Waals surface area contributed by atoms with E-state index in [4.69, 9.17) is 0 Å². The van der Waals surface area contributed by atoms with Crippen LogP contribution in [0.15, 0.2) is 18.3 Å². The Balaban J connectivity index is 2.12. The Morgan fingerprint density at radius 1 is 1.21 bits per heavy atom. The fourth-order valence-corrected chi connectivity index (χ4v) is 1.69.